The molecule has 0 aliphatic rings. The molecule has 0 amide bonds. The Morgan fingerprint density at radius 2 is 0.467 bits per heavy atom. The summed E-state index contributed by atoms with van der Waals surface area (Å²) in [5, 5.41) is 20.7. The zero-order valence-corrected chi connectivity index (χ0v) is 68.8. The van der Waals surface area contributed by atoms with E-state index >= 15 is 0 Å². The van der Waals surface area contributed by atoms with Crippen LogP contribution < -0.4 is 0 Å². The fraction of sp³-hybridized carbons (Fsp3) is 0.674. The smallest absolute Gasteiger partial charge is 0.463 e. The normalized spacial score (nSPS) is 14.7. The third-order valence-corrected chi connectivity index (χ3v) is 19.1. The molecule has 0 spiro atoms. The molecule has 107 heavy (non-hydrogen) atoms. The van der Waals surface area contributed by atoms with Crippen molar-refractivity contribution in [3.8, 4) is 0 Å². The predicted molar refractivity (Wildman–Crippen MR) is 445 cm³/mol. The Morgan fingerprint density at radius 1 is 0.262 bits per heavy atom. The number of carbonyl (C=O) groups is 3. The van der Waals surface area contributed by atoms with Crippen molar-refractivity contribution < 1.29 is 75.8 Å². The summed E-state index contributed by atoms with van der Waals surface area (Å²) in [6.07, 6.45) is 101. The molecule has 5 unspecified atom stereocenters. The van der Waals surface area contributed by atoms with Gasteiger partial charge in [-0.2, -0.15) is 0 Å². The molecule has 0 aromatic rings. The van der Waals surface area contributed by atoms with E-state index in [1.165, 1.54) is 83.5 Å². The van der Waals surface area contributed by atoms with Crippen LogP contribution in [0.3, 0.4) is 0 Å². The lowest BCUT2D eigenvalue weighted by molar-refractivity contribution is -0.161. The molecule has 0 aliphatic carbocycles. The first-order valence-electron chi connectivity index (χ1n) is 41.8. The average Bonchev–Trinajstić information content (AvgIpc) is 0.908. The summed E-state index contributed by atoms with van der Waals surface area (Å²) in [6, 6.07) is 0. The van der Waals surface area contributed by atoms with E-state index in [1.54, 1.807) is 0 Å². The number of carbonyl (C=O) groups excluding carboxylic acids is 3. The molecule has 0 heterocycles. The summed E-state index contributed by atoms with van der Waals surface area (Å²) in [6.45, 7) is 2.35. The fourth-order valence-electron chi connectivity index (χ4n) is 11.0. The second-order valence-corrected chi connectivity index (χ2v) is 30.4. The topological polar surface area (TPSA) is 231 Å². The second-order valence-electron chi connectivity index (χ2n) is 27.5. The number of phosphoric acid groups is 2. The first-order valence-corrected chi connectivity index (χ1v) is 44.8. The molecular weight excluding hydrogens is 1390 g/mol. The molecule has 0 aromatic carbocycles. The van der Waals surface area contributed by atoms with Gasteiger partial charge in [0.25, 0.3) is 0 Å². The van der Waals surface area contributed by atoms with E-state index in [9.17, 15) is 43.5 Å². The number of hydrogen-bond acceptors (Lipinski definition) is 14. The summed E-state index contributed by atoms with van der Waals surface area (Å²) in [4.78, 5) is 58.8. The molecular formula is C89H150O16P2. The highest BCUT2D eigenvalue weighted by Crippen LogP contribution is 2.45. The second kappa shape index (κ2) is 80.7. The van der Waals surface area contributed by atoms with Crippen LogP contribution in [0.2, 0.25) is 0 Å². The van der Waals surface area contributed by atoms with E-state index < -0.39 is 91.5 Å². The fourth-order valence-corrected chi connectivity index (χ4v) is 12.6. The molecule has 612 valence electrons. The lowest BCUT2D eigenvalue weighted by Crippen LogP contribution is -2.30. The first-order chi connectivity index (χ1) is 52.2. The molecule has 18 heteroatoms. The van der Waals surface area contributed by atoms with Gasteiger partial charge >= 0.3 is 33.6 Å². The van der Waals surface area contributed by atoms with Gasteiger partial charge in [-0.05, 0) is 141 Å². The number of esters is 3. The summed E-state index contributed by atoms with van der Waals surface area (Å²) < 4.78 is 61.3. The Morgan fingerprint density at radius 3 is 0.738 bits per heavy atom. The van der Waals surface area contributed by atoms with Crippen molar-refractivity contribution in [3.05, 3.63) is 158 Å². The lowest BCUT2D eigenvalue weighted by Gasteiger charge is -2.21. The van der Waals surface area contributed by atoms with Gasteiger partial charge in [-0.1, -0.05) is 326 Å². The molecule has 5 atom stereocenters. The zero-order chi connectivity index (χ0) is 78.0. The van der Waals surface area contributed by atoms with E-state index in [-0.39, 0.29) is 19.3 Å². The Balaban J connectivity index is 4.60. The van der Waals surface area contributed by atoms with Crippen LogP contribution in [0.25, 0.3) is 0 Å². The summed E-state index contributed by atoms with van der Waals surface area (Å²) in [5.74, 6) is -1.59. The third kappa shape index (κ3) is 82.0. The van der Waals surface area contributed by atoms with Gasteiger partial charge in [-0.3, -0.25) is 32.5 Å². The number of phosphoric ester groups is 2. The van der Waals surface area contributed by atoms with Gasteiger partial charge in [0.05, 0.1) is 26.4 Å². The maximum atomic E-state index is 13.0. The van der Waals surface area contributed by atoms with Gasteiger partial charge in [-0.25, -0.2) is 9.13 Å². The van der Waals surface area contributed by atoms with E-state index in [4.69, 9.17) is 32.3 Å². The van der Waals surface area contributed by atoms with E-state index in [0.717, 1.165) is 186 Å². The summed E-state index contributed by atoms with van der Waals surface area (Å²) in [7, 11) is -9.81. The molecule has 4 N–H and O–H groups in total. The van der Waals surface area contributed by atoms with Gasteiger partial charge in [0, 0.05) is 19.3 Å². The molecule has 0 rings (SSSR count). The molecule has 0 aromatic heterocycles. The maximum absolute atomic E-state index is 13.0. The number of aliphatic hydroxyl groups is 2. The van der Waals surface area contributed by atoms with Crippen LogP contribution in [0.4, 0.5) is 0 Å². The van der Waals surface area contributed by atoms with Crippen LogP contribution in [0.15, 0.2) is 158 Å². The van der Waals surface area contributed by atoms with Crippen LogP contribution in [0, 0.1) is 0 Å². The first kappa shape index (κ1) is 102. The van der Waals surface area contributed by atoms with Gasteiger partial charge in [-0.15, -0.1) is 0 Å². The number of rotatable bonds is 78. The van der Waals surface area contributed by atoms with Crippen molar-refractivity contribution in [2.24, 2.45) is 0 Å². The van der Waals surface area contributed by atoms with Crippen LogP contribution in [-0.2, 0) is 55.8 Å². The quantitative estimate of drug-likeness (QED) is 0.0146. The number of ether oxygens (including phenoxy) is 3. The molecule has 0 radical (unpaired) electrons. The largest absolute Gasteiger partial charge is 0.472 e. The Hall–Kier alpha value is -4.83. The van der Waals surface area contributed by atoms with E-state index in [1.807, 2.05) is 0 Å². The summed E-state index contributed by atoms with van der Waals surface area (Å²) in [5.41, 5.74) is 0. The molecule has 16 nitrogen and oxygen atoms in total. The highest BCUT2D eigenvalue weighted by Gasteiger charge is 2.29. The molecule has 0 saturated heterocycles. The van der Waals surface area contributed by atoms with Crippen molar-refractivity contribution in [3.63, 3.8) is 0 Å². The molecule has 0 saturated carbocycles. The van der Waals surface area contributed by atoms with Crippen molar-refractivity contribution >= 4 is 33.6 Å². The zero-order valence-electron chi connectivity index (χ0n) is 67.0. The summed E-state index contributed by atoms with van der Waals surface area (Å²) >= 11 is 0. The minimum atomic E-state index is -4.94. The van der Waals surface area contributed by atoms with Crippen LogP contribution in [0.1, 0.15) is 329 Å². The average molecular weight is 1540 g/mol. The number of hydrogen-bond donors (Lipinski definition) is 4. The standard InChI is InChI=1S/C89H150O16P2/c1-4-7-10-13-16-19-22-25-28-31-33-35-37-39-41-43-45-47-49-52-54-57-60-63-66-69-72-75-87(92)99-78-84(90)79-101-106(95,96)102-80-85(91)81-103-107(97,98)104-83-86(105-89(94)77-74-71-68-65-62-59-56-51-30-27-24-21-18-15-12-9-6-3)82-100-88(93)76-73-70-67-64-61-58-55-53-50-48-46-44-42-40-38-36-34-32-29-26-23-20-17-14-11-8-5-2/h7-12,16-21,25-30,33-36,39-42,84-86,90-91H,4-6,13-15,22-24,31-32,37-38,43-83H2,1-3H3,(H,95,96)(H,97,98)/b10-7-,11-8-,12-9-,19-16-,20-17-,21-18-,28-25-,29-26-,30-27-,35-33-,36-34-,41-39-,42-40-. The Kier molecular flexibility index (Phi) is 77.0. The SMILES string of the molecule is CC/C=C\C/C=C\C/C=C\C/C=C\C/C=C\CCCCCCCCCCCCCC(=O)OCC(O)COP(=O)(O)OCC(O)COP(=O)(O)OCC(COC(=O)CCCCCCCCCCCCC/C=C\C/C=C\C/C=C\C/C=C\C/C=C\CC)OC(=O)CCCCCCCCC/C=C\C/C=C\C/C=C\CC. The minimum Gasteiger partial charge on any atom is -0.463 e. The van der Waals surface area contributed by atoms with Crippen LogP contribution in [-0.4, -0.2) is 95.9 Å². The van der Waals surface area contributed by atoms with Crippen molar-refractivity contribution in [2.45, 2.75) is 347 Å². The van der Waals surface area contributed by atoms with Crippen molar-refractivity contribution in [1.29, 1.82) is 0 Å². The third-order valence-electron chi connectivity index (χ3n) is 17.2. The highest BCUT2D eigenvalue weighted by molar-refractivity contribution is 7.47. The van der Waals surface area contributed by atoms with Crippen LogP contribution >= 0.6 is 15.6 Å². The molecule has 0 fully saturated rings. The highest BCUT2D eigenvalue weighted by atomic mass is 31.2. The van der Waals surface area contributed by atoms with Crippen LogP contribution in [0.5, 0.6) is 0 Å². The van der Waals surface area contributed by atoms with Crippen molar-refractivity contribution in [1.82, 2.24) is 0 Å². The van der Waals surface area contributed by atoms with E-state index in [0.29, 0.717) is 19.3 Å². The number of aliphatic hydroxyl groups excluding tert-OH is 2. The maximum Gasteiger partial charge on any atom is 0.472 e. The molecule has 0 aliphatic heterocycles. The lowest BCUT2D eigenvalue weighted by atomic mass is 10.0. The van der Waals surface area contributed by atoms with Gasteiger partial charge < -0.3 is 34.2 Å². The molecule has 0 bridgehead atoms. The minimum absolute atomic E-state index is 0.0890. The Labute approximate surface area is 650 Å². The van der Waals surface area contributed by atoms with Gasteiger partial charge in [0.2, 0.25) is 0 Å². The Bertz CT molecular complexity index is 2580. The van der Waals surface area contributed by atoms with E-state index in [2.05, 4.69) is 179 Å². The van der Waals surface area contributed by atoms with Crippen molar-refractivity contribution in [2.75, 3.05) is 39.6 Å². The van der Waals surface area contributed by atoms with Gasteiger partial charge in [0.15, 0.2) is 6.10 Å². The predicted octanol–water partition coefficient (Wildman–Crippen LogP) is 25.0. The number of allylic oxidation sites excluding steroid dienone is 26. The van der Waals surface area contributed by atoms with Gasteiger partial charge in [0.1, 0.15) is 25.4 Å². The monoisotopic (exact) mass is 1540 g/mol. The number of unbranched alkanes of at least 4 members (excludes halogenated alkanes) is 29.